The number of sulfone groups is 1. The average Bonchev–Trinajstić information content (AvgIpc) is 2.43. The summed E-state index contributed by atoms with van der Waals surface area (Å²) in [5.74, 6) is 0.973. The molecule has 0 saturated carbocycles. The van der Waals surface area contributed by atoms with Crippen LogP contribution in [0.1, 0.15) is 26.7 Å². The van der Waals surface area contributed by atoms with Crippen LogP contribution in [0.3, 0.4) is 0 Å². The third-order valence-corrected chi connectivity index (χ3v) is 4.78. The summed E-state index contributed by atoms with van der Waals surface area (Å²) in [5, 5.41) is 11.6. The molecule has 1 aromatic carbocycles. The van der Waals surface area contributed by atoms with Gasteiger partial charge in [-0.3, -0.25) is 0 Å². The molecule has 0 amide bonds. The molecule has 0 aromatic heterocycles. The van der Waals surface area contributed by atoms with Crippen molar-refractivity contribution in [3.63, 3.8) is 0 Å². The van der Waals surface area contributed by atoms with Gasteiger partial charge in [-0.2, -0.15) is 5.26 Å². The minimum Gasteiger partial charge on any atom is -0.493 e. The van der Waals surface area contributed by atoms with Crippen molar-refractivity contribution < 1.29 is 13.2 Å². The molecule has 0 spiro atoms. The summed E-state index contributed by atoms with van der Waals surface area (Å²) in [7, 11) is -2.99. The molecule has 0 bridgehead atoms. The molecule has 0 aliphatic rings. The van der Waals surface area contributed by atoms with E-state index in [0.717, 1.165) is 5.69 Å². The van der Waals surface area contributed by atoms with Crippen molar-refractivity contribution in [1.82, 2.24) is 0 Å². The van der Waals surface area contributed by atoms with Gasteiger partial charge in [0, 0.05) is 30.0 Å². The number of anilines is 1. The highest BCUT2D eigenvalue weighted by atomic mass is 32.2. The molecule has 0 aliphatic carbocycles. The third-order valence-electron chi connectivity index (χ3n) is 2.89. The van der Waals surface area contributed by atoms with Gasteiger partial charge in [-0.05, 0) is 25.5 Å². The summed E-state index contributed by atoms with van der Waals surface area (Å²) >= 11 is 0. The Morgan fingerprint density at radius 2 is 2.19 bits per heavy atom. The van der Waals surface area contributed by atoms with Crippen LogP contribution in [0.4, 0.5) is 5.69 Å². The molecule has 1 aromatic rings. The van der Waals surface area contributed by atoms with Crippen molar-refractivity contribution >= 4 is 15.5 Å². The van der Waals surface area contributed by atoms with Crippen LogP contribution in [0.2, 0.25) is 0 Å². The molecule has 0 fully saturated rings. The molecule has 1 rings (SSSR count). The van der Waals surface area contributed by atoms with Gasteiger partial charge in [0.1, 0.15) is 5.75 Å². The van der Waals surface area contributed by atoms with E-state index in [2.05, 4.69) is 11.4 Å². The Bertz CT molecular complexity index is 579. The molecule has 0 radical (unpaired) electrons. The average molecular weight is 310 g/mol. The van der Waals surface area contributed by atoms with Gasteiger partial charge < -0.3 is 10.1 Å². The lowest BCUT2D eigenvalue weighted by Gasteiger charge is -2.16. The molecule has 0 saturated heterocycles. The second-order valence-corrected chi connectivity index (χ2v) is 7.28. The second kappa shape index (κ2) is 8.53. The first-order chi connectivity index (χ1) is 9.96. The molecule has 0 heterocycles. The number of nitrogens with one attached hydrogen (secondary N) is 1. The van der Waals surface area contributed by atoms with E-state index in [0.29, 0.717) is 25.2 Å². The smallest absolute Gasteiger partial charge is 0.152 e. The van der Waals surface area contributed by atoms with E-state index in [1.165, 1.54) is 0 Å². The van der Waals surface area contributed by atoms with Gasteiger partial charge in [-0.15, -0.1) is 0 Å². The van der Waals surface area contributed by atoms with Gasteiger partial charge in [0.2, 0.25) is 0 Å². The van der Waals surface area contributed by atoms with Crippen LogP contribution in [0.5, 0.6) is 5.75 Å². The van der Waals surface area contributed by atoms with Crippen LogP contribution in [0, 0.1) is 11.3 Å². The van der Waals surface area contributed by atoms with E-state index in [4.69, 9.17) is 10.00 Å². The van der Waals surface area contributed by atoms with Gasteiger partial charge in [0.25, 0.3) is 0 Å². The van der Waals surface area contributed by atoms with E-state index in [9.17, 15) is 8.42 Å². The first kappa shape index (κ1) is 17.3. The Morgan fingerprint density at radius 3 is 2.86 bits per heavy atom. The van der Waals surface area contributed by atoms with Gasteiger partial charge >= 0.3 is 0 Å². The minimum absolute atomic E-state index is 0.108. The van der Waals surface area contributed by atoms with Crippen molar-refractivity contribution in [3.8, 4) is 11.8 Å². The predicted molar refractivity (Wildman–Crippen MR) is 84.2 cm³/mol. The fraction of sp³-hybridized carbons (Fsp3) is 0.533. The van der Waals surface area contributed by atoms with Crippen molar-refractivity contribution in [2.75, 3.05) is 23.4 Å². The van der Waals surface area contributed by atoms with Crippen molar-refractivity contribution in [2.45, 2.75) is 32.7 Å². The maximum absolute atomic E-state index is 11.6. The largest absolute Gasteiger partial charge is 0.493 e. The lowest BCUT2D eigenvalue weighted by Crippen LogP contribution is -2.26. The molecule has 1 N–H and O–H groups in total. The maximum atomic E-state index is 11.6. The Balaban J connectivity index is 2.54. The Hall–Kier alpha value is -1.74. The quantitative estimate of drug-likeness (QED) is 0.709. The number of unbranched alkanes of at least 4 members (excludes halogenated alkanes) is 1. The van der Waals surface area contributed by atoms with Crippen molar-refractivity contribution in [1.29, 1.82) is 5.26 Å². The predicted octanol–water partition coefficient (Wildman–Crippen LogP) is 2.60. The Labute approximate surface area is 126 Å². The topological polar surface area (TPSA) is 79.2 Å². The molecule has 116 valence electrons. The zero-order valence-corrected chi connectivity index (χ0v) is 13.3. The maximum Gasteiger partial charge on any atom is 0.152 e. The van der Waals surface area contributed by atoms with Gasteiger partial charge in [0.05, 0.1) is 18.4 Å². The first-order valence-electron chi connectivity index (χ1n) is 7.03. The van der Waals surface area contributed by atoms with Gasteiger partial charge in [0.15, 0.2) is 9.84 Å². The van der Waals surface area contributed by atoms with Crippen LogP contribution in [0.25, 0.3) is 0 Å². The van der Waals surface area contributed by atoms with E-state index in [-0.39, 0.29) is 17.5 Å². The molecule has 1 atom stereocenters. The fourth-order valence-corrected chi connectivity index (χ4v) is 2.92. The highest BCUT2D eigenvalue weighted by molar-refractivity contribution is 7.91. The standard InChI is InChI=1S/C15H22N2O3S/c1-3-21(18,19)12-13(2)17-14-7-6-8-15(11-14)20-10-5-4-9-16/h6-8,11,13,17H,3-5,10,12H2,1-2H3. The molecule has 5 nitrogen and oxygen atoms in total. The molecule has 6 heteroatoms. The van der Waals surface area contributed by atoms with Gasteiger partial charge in [-0.25, -0.2) is 8.42 Å². The number of hydrogen-bond donors (Lipinski definition) is 1. The highest BCUT2D eigenvalue weighted by Gasteiger charge is 2.13. The SMILES string of the molecule is CCS(=O)(=O)CC(C)Nc1cccc(OCCCC#N)c1. The second-order valence-electron chi connectivity index (χ2n) is 4.88. The third kappa shape index (κ3) is 7.00. The van der Waals surface area contributed by atoms with E-state index < -0.39 is 9.84 Å². The number of benzene rings is 1. The first-order valence-corrected chi connectivity index (χ1v) is 8.85. The Kier molecular flexibility index (Phi) is 7.03. The summed E-state index contributed by atoms with van der Waals surface area (Å²) in [6.45, 7) is 3.99. The van der Waals surface area contributed by atoms with Crippen LogP contribution >= 0.6 is 0 Å². The number of nitriles is 1. The number of hydrogen-bond acceptors (Lipinski definition) is 5. The van der Waals surface area contributed by atoms with Crippen LogP contribution in [0.15, 0.2) is 24.3 Å². The van der Waals surface area contributed by atoms with Crippen LogP contribution in [-0.4, -0.2) is 32.6 Å². The summed E-state index contributed by atoms with van der Waals surface area (Å²) in [5.41, 5.74) is 0.826. The summed E-state index contributed by atoms with van der Waals surface area (Å²) in [6, 6.07) is 9.30. The molecular weight excluding hydrogens is 288 g/mol. The minimum atomic E-state index is -2.99. The zero-order valence-electron chi connectivity index (χ0n) is 12.5. The molecule has 1 unspecified atom stereocenters. The number of nitrogens with zero attached hydrogens (tertiary/aromatic N) is 1. The van der Waals surface area contributed by atoms with Gasteiger partial charge in [-0.1, -0.05) is 13.0 Å². The zero-order chi connectivity index (χ0) is 15.7. The highest BCUT2D eigenvalue weighted by Crippen LogP contribution is 2.18. The molecular formula is C15H22N2O3S. The normalized spacial score (nSPS) is 12.4. The van der Waals surface area contributed by atoms with Crippen LogP contribution < -0.4 is 10.1 Å². The Morgan fingerprint density at radius 1 is 1.43 bits per heavy atom. The van der Waals surface area contributed by atoms with Crippen molar-refractivity contribution in [3.05, 3.63) is 24.3 Å². The van der Waals surface area contributed by atoms with E-state index in [1.54, 1.807) is 6.92 Å². The van der Waals surface area contributed by atoms with Crippen molar-refractivity contribution in [2.24, 2.45) is 0 Å². The number of ether oxygens (including phenoxy) is 1. The van der Waals surface area contributed by atoms with Crippen LogP contribution in [-0.2, 0) is 9.84 Å². The fourth-order valence-electron chi connectivity index (χ4n) is 1.84. The monoisotopic (exact) mass is 310 g/mol. The summed E-state index contributed by atoms with van der Waals surface area (Å²) < 4.78 is 28.7. The molecule has 21 heavy (non-hydrogen) atoms. The lowest BCUT2D eigenvalue weighted by atomic mass is 10.2. The van der Waals surface area contributed by atoms with E-state index >= 15 is 0 Å². The molecule has 0 aliphatic heterocycles. The number of rotatable bonds is 9. The van der Waals surface area contributed by atoms with E-state index in [1.807, 2.05) is 31.2 Å². The summed E-state index contributed by atoms with van der Waals surface area (Å²) in [4.78, 5) is 0. The summed E-state index contributed by atoms with van der Waals surface area (Å²) in [6.07, 6.45) is 1.17. The lowest BCUT2D eigenvalue weighted by molar-refractivity contribution is 0.313.